The number of hydrogen-bond acceptors (Lipinski definition) is 3. The molecule has 3 nitrogen and oxygen atoms in total. The first-order chi connectivity index (χ1) is 5.25. The van der Waals surface area contributed by atoms with Crippen molar-refractivity contribution in [3.8, 4) is 0 Å². The summed E-state index contributed by atoms with van der Waals surface area (Å²) in [4.78, 5) is 0. The second-order valence-electron chi connectivity index (χ2n) is 2.19. The van der Waals surface area contributed by atoms with Gasteiger partial charge in [-0.05, 0) is 12.1 Å². The summed E-state index contributed by atoms with van der Waals surface area (Å²) in [6, 6.07) is 3.24. The van der Waals surface area contributed by atoms with Gasteiger partial charge in [0.1, 0.15) is 18.0 Å². The lowest BCUT2D eigenvalue weighted by molar-refractivity contribution is 0.0337. The third kappa shape index (κ3) is 1.69. The molecule has 0 fully saturated rings. The number of rotatable bonds is 3. The molecule has 60 valence electrons. The first-order valence-electron chi connectivity index (χ1n) is 3.28. The molecule has 1 aromatic heterocycles. The van der Waals surface area contributed by atoms with Crippen LogP contribution in [-0.4, -0.2) is 16.3 Å². The molecular formula is C8H10O3. The minimum Gasteiger partial charge on any atom is -0.466 e. The Hall–Kier alpha value is -1.06. The maximum Gasteiger partial charge on any atom is 0.141 e. The molecule has 0 saturated carbocycles. The lowest BCUT2D eigenvalue weighted by Crippen LogP contribution is -2.14. The van der Waals surface area contributed by atoms with Crippen LogP contribution in [0, 0.1) is 0 Å². The molecular weight excluding hydrogens is 144 g/mol. The molecule has 0 aliphatic carbocycles. The van der Waals surface area contributed by atoms with Crippen molar-refractivity contribution in [2.75, 3.05) is 0 Å². The van der Waals surface area contributed by atoms with Crippen LogP contribution in [0.3, 0.4) is 0 Å². The zero-order valence-corrected chi connectivity index (χ0v) is 5.97. The third-order valence-electron chi connectivity index (χ3n) is 1.40. The number of aliphatic hydroxyl groups excluding tert-OH is 2. The van der Waals surface area contributed by atoms with E-state index in [1.54, 1.807) is 12.1 Å². The van der Waals surface area contributed by atoms with E-state index in [1.165, 1.54) is 12.3 Å². The maximum atomic E-state index is 9.26. The van der Waals surface area contributed by atoms with Gasteiger partial charge >= 0.3 is 0 Å². The predicted octanol–water partition coefficient (Wildman–Crippen LogP) is 0.860. The van der Waals surface area contributed by atoms with Crippen molar-refractivity contribution >= 4 is 0 Å². The summed E-state index contributed by atoms with van der Waals surface area (Å²) in [7, 11) is 0. The third-order valence-corrected chi connectivity index (χ3v) is 1.40. The molecule has 0 unspecified atom stereocenters. The van der Waals surface area contributed by atoms with Crippen LogP contribution in [-0.2, 0) is 0 Å². The first-order valence-corrected chi connectivity index (χ1v) is 3.28. The second-order valence-corrected chi connectivity index (χ2v) is 2.19. The Kier molecular flexibility index (Phi) is 2.46. The Morgan fingerprint density at radius 1 is 1.55 bits per heavy atom. The monoisotopic (exact) mass is 154 g/mol. The first kappa shape index (κ1) is 8.04. The quantitative estimate of drug-likeness (QED) is 0.635. The molecule has 0 saturated heterocycles. The van der Waals surface area contributed by atoms with Gasteiger partial charge in [0, 0.05) is 0 Å². The highest BCUT2D eigenvalue weighted by atomic mass is 16.4. The molecule has 0 aliphatic rings. The summed E-state index contributed by atoms with van der Waals surface area (Å²) in [5.74, 6) is 0.345. The molecule has 0 amide bonds. The van der Waals surface area contributed by atoms with Crippen molar-refractivity contribution in [3.05, 3.63) is 36.8 Å². The van der Waals surface area contributed by atoms with Crippen molar-refractivity contribution in [2.24, 2.45) is 0 Å². The van der Waals surface area contributed by atoms with E-state index in [9.17, 15) is 5.11 Å². The molecule has 0 radical (unpaired) electrons. The lowest BCUT2D eigenvalue weighted by Gasteiger charge is -2.10. The Balaban J connectivity index is 2.69. The molecule has 2 N–H and O–H groups in total. The smallest absolute Gasteiger partial charge is 0.141 e. The minimum atomic E-state index is -1.01. The number of furan rings is 1. The van der Waals surface area contributed by atoms with Crippen molar-refractivity contribution in [3.63, 3.8) is 0 Å². The number of aliphatic hydroxyl groups is 2. The van der Waals surface area contributed by atoms with Gasteiger partial charge in [0.15, 0.2) is 0 Å². The van der Waals surface area contributed by atoms with E-state index in [4.69, 9.17) is 9.52 Å². The van der Waals surface area contributed by atoms with Crippen LogP contribution in [0.5, 0.6) is 0 Å². The summed E-state index contributed by atoms with van der Waals surface area (Å²) in [6.45, 7) is 3.34. The van der Waals surface area contributed by atoms with Crippen molar-refractivity contribution < 1.29 is 14.6 Å². The molecule has 0 spiro atoms. The van der Waals surface area contributed by atoms with Crippen LogP contribution in [0.2, 0.25) is 0 Å². The minimum absolute atomic E-state index is 0.345. The fraction of sp³-hybridized carbons (Fsp3) is 0.250. The molecule has 1 heterocycles. The van der Waals surface area contributed by atoms with E-state index in [-0.39, 0.29) is 0 Å². The fourth-order valence-electron chi connectivity index (χ4n) is 0.757. The Morgan fingerprint density at radius 3 is 2.73 bits per heavy atom. The van der Waals surface area contributed by atoms with E-state index in [1.807, 2.05) is 0 Å². The normalized spacial score (nSPS) is 15.8. The highest BCUT2D eigenvalue weighted by molar-refractivity contribution is 5.06. The second kappa shape index (κ2) is 3.37. The number of hydrogen-bond donors (Lipinski definition) is 2. The average Bonchev–Trinajstić information content (AvgIpc) is 2.53. The van der Waals surface area contributed by atoms with Gasteiger partial charge in [-0.2, -0.15) is 0 Å². The topological polar surface area (TPSA) is 53.6 Å². The van der Waals surface area contributed by atoms with E-state index in [0.29, 0.717) is 5.76 Å². The molecule has 0 aliphatic heterocycles. The van der Waals surface area contributed by atoms with E-state index >= 15 is 0 Å². The molecule has 11 heavy (non-hydrogen) atoms. The van der Waals surface area contributed by atoms with Crippen LogP contribution in [0.4, 0.5) is 0 Å². The van der Waals surface area contributed by atoms with Gasteiger partial charge in [0.2, 0.25) is 0 Å². The van der Waals surface area contributed by atoms with Gasteiger partial charge in [0.05, 0.1) is 6.26 Å². The highest BCUT2D eigenvalue weighted by Gasteiger charge is 2.16. The van der Waals surface area contributed by atoms with E-state index < -0.39 is 12.2 Å². The largest absolute Gasteiger partial charge is 0.466 e. The summed E-state index contributed by atoms with van der Waals surface area (Å²) in [6.07, 6.45) is 0.713. The Bertz CT molecular complexity index is 215. The van der Waals surface area contributed by atoms with Gasteiger partial charge in [-0.25, -0.2) is 0 Å². The van der Waals surface area contributed by atoms with Gasteiger partial charge in [-0.1, -0.05) is 6.08 Å². The van der Waals surface area contributed by atoms with Gasteiger partial charge in [-0.15, -0.1) is 6.58 Å². The van der Waals surface area contributed by atoms with Crippen LogP contribution in [0.25, 0.3) is 0 Å². The summed E-state index contributed by atoms with van der Waals surface area (Å²) in [5.41, 5.74) is 0. The van der Waals surface area contributed by atoms with E-state index in [0.717, 1.165) is 0 Å². The molecule has 0 aromatic carbocycles. The molecule has 3 heteroatoms. The van der Waals surface area contributed by atoms with E-state index in [2.05, 4.69) is 6.58 Å². The van der Waals surface area contributed by atoms with Crippen LogP contribution in [0.15, 0.2) is 35.5 Å². The zero-order valence-electron chi connectivity index (χ0n) is 5.97. The van der Waals surface area contributed by atoms with Gasteiger partial charge in [-0.3, -0.25) is 0 Å². The summed E-state index contributed by atoms with van der Waals surface area (Å²) in [5, 5.41) is 18.3. The van der Waals surface area contributed by atoms with Crippen molar-refractivity contribution in [2.45, 2.75) is 12.2 Å². The van der Waals surface area contributed by atoms with Crippen molar-refractivity contribution in [1.29, 1.82) is 0 Å². The lowest BCUT2D eigenvalue weighted by atomic mass is 10.1. The predicted molar refractivity (Wildman–Crippen MR) is 39.9 cm³/mol. The standard InChI is InChI=1S/C8H10O3/c1-2-6(9)8(10)7-4-3-5-11-7/h2-6,8-10H,1H2/t6-,8+/m0/s1. The Labute approximate surface area is 64.6 Å². The maximum absolute atomic E-state index is 9.26. The SMILES string of the molecule is C=C[C@H](O)[C@@H](O)c1ccco1. The average molecular weight is 154 g/mol. The van der Waals surface area contributed by atoms with Crippen LogP contribution >= 0.6 is 0 Å². The molecule has 1 rings (SSSR count). The van der Waals surface area contributed by atoms with Crippen molar-refractivity contribution in [1.82, 2.24) is 0 Å². The summed E-state index contributed by atoms with van der Waals surface area (Å²) < 4.78 is 4.86. The van der Waals surface area contributed by atoms with Gasteiger partial charge in [0.25, 0.3) is 0 Å². The van der Waals surface area contributed by atoms with Crippen LogP contribution < -0.4 is 0 Å². The van der Waals surface area contributed by atoms with Crippen LogP contribution in [0.1, 0.15) is 11.9 Å². The Morgan fingerprint density at radius 2 is 2.27 bits per heavy atom. The zero-order chi connectivity index (χ0) is 8.27. The highest BCUT2D eigenvalue weighted by Crippen LogP contribution is 2.17. The molecule has 0 bridgehead atoms. The fourth-order valence-corrected chi connectivity index (χ4v) is 0.757. The molecule has 1 aromatic rings. The van der Waals surface area contributed by atoms with Gasteiger partial charge < -0.3 is 14.6 Å². The summed E-state index contributed by atoms with van der Waals surface area (Å²) >= 11 is 0. The molecule has 2 atom stereocenters.